The number of rotatable bonds is 7. The van der Waals surface area contributed by atoms with Crippen molar-refractivity contribution in [2.24, 2.45) is 0 Å². The molecule has 0 bridgehead atoms. The van der Waals surface area contributed by atoms with Gasteiger partial charge in [0.05, 0.1) is 23.7 Å². The topological polar surface area (TPSA) is 73.2 Å². The maximum Gasteiger partial charge on any atom is 0.262 e. The molecule has 7 heteroatoms. The van der Waals surface area contributed by atoms with Gasteiger partial charge in [-0.05, 0) is 36.6 Å². The molecule has 0 aliphatic heterocycles. The number of benzene rings is 1. The van der Waals surface area contributed by atoms with Crippen LogP contribution in [0.4, 0.5) is 0 Å². The van der Waals surface area contributed by atoms with Gasteiger partial charge in [0.25, 0.3) is 11.5 Å². The van der Waals surface area contributed by atoms with Gasteiger partial charge < -0.3 is 10.1 Å². The molecule has 0 saturated heterocycles. The van der Waals surface area contributed by atoms with Crippen molar-refractivity contribution in [1.29, 1.82) is 0 Å². The van der Waals surface area contributed by atoms with Gasteiger partial charge in [0.1, 0.15) is 10.6 Å². The van der Waals surface area contributed by atoms with Crippen LogP contribution >= 0.6 is 11.3 Å². The van der Waals surface area contributed by atoms with Crippen molar-refractivity contribution in [1.82, 2.24) is 14.9 Å². The quantitative estimate of drug-likeness (QED) is 0.675. The van der Waals surface area contributed by atoms with Crippen LogP contribution in [0.15, 0.2) is 35.4 Å². The van der Waals surface area contributed by atoms with E-state index in [1.54, 1.807) is 18.0 Å². The van der Waals surface area contributed by atoms with Gasteiger partial charge in [-0.25, -0.2) is 4.98 Å². The van der Waals surface area contributed by atoms with E-state index in [1.165, 1.54) is 11.3 Å². The molecule has 3 aromatic rings. The van der Waals surface area contributed by atoms with Gasteiger partial charge in [-0.3, -0.25) is 14.2 Å². The summed E-state index contributed by atoms with van der Waals surface area (Å²) in [6, 6.07) is 7.53. The monoisotopic (exact) mass is 385 g/mol. The van der Waals surface area contributed by atoms with E-state index in [0.717, 1.165) is 24.2 Å². The summed E-state index contributed by atoms with van der Waals surface area (Å²) in [6.45, 7) is 4.95. The van der Waals surface area contributed by atoms with E-state index in [2.05, 4.69) is 17.2 Å². The SMILES string of the molecule is CCCCn1cnc2sc(C(=O)NCc3ccc(OC)cc3)c(C)c2c1=O. The minimum Gasteiger partial charge on any atom is -0.497 e. The first-order chi connectivity index (χ1) is 13.0. The number of hydrogen-bond donors (Lipinski definition) is 1. The largest absolute Gasteiger partial charge is 0.497 e. The van der Waals surface area contributed by atoms with Crippen molar-refractivity contribution in [2.75, 3.05) is 7.11 Å². The number of methoxy groups -OCH3 is 1. The minimum atomic E-state index is -0.189. The van der Waals surface area contributed by atoms with Crippen molar-refractivity contribution in [3.63, 3.8) is 0 Å². The third kappa shape index (κ3) is 4.03. The van der Waals surface area contributed by atoms with Crippen LogP contribution in [0.3, 0.4) is 0 Å². The minimum absolute atomic E-state index is 0.0728. The summed E-state index contributed by atoms with van der Waals surface area (Å²) >= 11 is 1.26. The number of amides is 1. The highest BCUT2D eigenvalue weighted by Gasteiger charge is 2.19. The maximum absolute atomic E-state index is 12.7. The van der Waals surface area contributed by atoms with Gasteiger partial charge in [0, 0.05) is 13.1 Å². The number of carbonyl (C=O) groups is 1. The third-order valence-corrected chi connectivity index (χ3v) is 5.69. The summed E-state index contributed by atoms with van der Waals surface area (Å²) in [5, 5.41) is 3.47. The second kappa shape index (κ2) is 8.35. The smallest absolute Gasteiger partial charge is 0.262 e. The molecule has 0 atom stereocenters. The van der Waals surface area contributed by atoms with E-state index in [-0.39, 0.29) is 11.5 Å². The fourth-order valence-electron chi connectivity index (χ4n) is 2.87. The van der Waals surface area contributed by atoms with Crippen LogP contribution in [-0.2, 0) is 13.1 Å². The lowest BCUT2D eigenvalue weighted by Crippen LogP contribution is -2.23. The molecule has 0 unspecified atom stereocenters. The summed E-state index contributed by atoms with van der Waals surface area (Å²) in [5.41, 5.74) is 1.60. The number of aryl methyl sites for hydroxylation is 2. The molecule has 3 rings (SSSR count). The van der Waals surface area contributed by atoms with E-state index < -0.39 is 0 Å². The number of nitrogens with zero attached hydrogens (tertiary/aromatic N) is 2. The molecular formula is C20H23N3O3S. The van der Waals surface area contributed by atoms with Crippen molar-refractivity contribution >= 4 is 27.5 Å². The Bertz CT molecular complexity index is 1010. The Labute approximate surface area is 161 Å². The predicted octanol–water partition coefficient (Wildman–Crippen LogP) is 3.51. The number of ether oxygens (including phenoxy) is 1. The molecule has 6 nitrogen and oxygen atoms in total. The zero-order chi connectivity index (χ0) is 19.4. The van der Waals surface area contributed by atoms with Crippen LogP contribution in [0.5, 0.6) is 5.75 Å². The number of thiophene rings is 1. The van der Waals surface area contributed by atoms with Gasteiger partial charge in [0.15, 0.2) is 0 Å². The first-order valence-electron chi connectivity index (χ1n) is 8.94. The molecule has 0 fully saturated rings. The second-order valence-corrected chi connectivity index (χ2v) is 7.36. The Kier molecular flexibility index (Phi) is 5.91. The normalized spacial score (nSPS) is 10.9. The Balaban J connectivity index is 1.80. The second-order valence-electron chi connectivity index (χ2n) is 6.36. The number of nitrogens with one attached hydrogen (secondary N) is 1. The van der Waals surface area contributed by atoms with E-state index in [9.17, 15) is 9.59 Å². The average Bonchev–Trinajstić information content (AvgIpc) is 3.03. The molecule has 27 heavy (non-hydrogen) atoms. The van der Waals surface area contributed by atoms with Crippen LogP contribution in [-0.4, -0.2) is 22.6 Å². The van der Waals surface area contributed by atoms with Crippen LogP contribution in [0.1, 0.15) is 40.6 Å². The molecule has 1 amide bonds. The maximum atomic E-state index is 12.7. The van der Waals surface area contributed by atoms with Crippen LogP contribution in [0.2, 0.25) is 0 Å². The molecule has 0 radical (unpaired) electrons. The molecule has 2 heterocycles. The molecule has 142 valence electrons. The number of fused-ring (bicyclic) bond motifs is 1. The fourth-order valence-corrected chi connectivity index (χ4v) is 3.93. The first-order valence-corrected chi connectivity index (χ1v) is 9.76. The number of unbranched alkanes of at least 4 members (excludes halogenated alkanes) is 1. The molecule has 1 N–H and O–H groups in total. The lowest BCUT2D eigenvalue weighted by Gasteiger charge is -2.06. The molecule has 0 aliphatic rings. The summed E-state index contributed by atoms with van der Waals surface area (Å²) < 4.78 is 6.76. The van der Waals surface area contributed by atoms with Crippen molar-refractivity contribution < 1.29 is 9.53 Å². The van der Waals surface area contributed by atoms with E-state index >= 15 is 0 Å². The molecule has 0 spiro atoms. The van der Waals surface area contributed by atoms with Crippen LogP contribution in [0, 0.1) is 6.92 Å². The zero-order valence-corrected chi connectivity index (χ0v) is 16.6. The number of carbonyl (C=O) groups excluding carboxylic acids is 1. The van der Waals surface area contributed by atoms with Gasteiger partial charge in [-0.15, -0.1) is 11.3 Å². The highest BCUT2D eigenvalue weighted by Crippen LogP contribution is 2.26. The van der Waals surface area contributed by atoms with E-state index in [4.69, 9.17) is 4.74 Å². The van der Waals surface area contributed by atoms with Crippen LogP contribution in [0.25, 0.3) is 10.2 Å². The molecule has 2 aromatic heterocycles. The van der Waals surface area contributed by atoms with Gasteiger partial charge in [-0.2, -0.15) is 0 Å². The highest BCUT2D eigenvalue weighted by molar-refractivity contribution is 7.20. The summed E-state index contributed by atoms with van der Waals surface area (Å²) in [5.74, 6) is 0.585. The fraction of sp³-hybridized carbons (Fsp3) is 0.350. The molecule has 1 aromatic carbocycles. The zero-order valence-electron chi connectivity index (χ0n) is 15.7. The van der Waals surface area contributed by atoms with Gasteiger partial charge >= 0.3 is 0 Å². The van der Waals surface area contributed by atoms with Gasteiger partial charge in [-0.1, -0.05) is 25.5 Å². The highest BCUT2D eigenvalue weighted by atomic mass is 32.1. The summed E-state index contributed by atoms with van der Waals surface area (Å²) in [7, 11) is 1.62. The van der Waals surface area contributed by atoms with Crippen molar-refractivity contribution in [2.45, 2.75) is 39.8 Å². The van der Waals surface area contributed by atoms with E-state index in [0.29, 0.717) is 33.7 Å². The molecular weight excluding hydrogens is 362 g/mol. The van der Waals surface area contributed by atoms with E-state index in [1.807, 2.05) is 31.2 Å². The van der Waals surface area contributed by atoms with Crippen molar-refractivity contribution in [3.8, 4) is 5.75 Å². The third-order valence-electron chi connectivity index (χ3n) is 4.49. The Morgan fingerprint density at radius 3 is 2.70 bits per heavy atom. The first kappa shape index (κ1) is 19.1. The lowest BCUT2D eigenvalue weighted by atomic mass is 10.2. The molecule has 0 saturated carbocycles. The standard InChI is InChI=1S/C20H23N3O3S/c1-4-5-10-23-12-22-19-16(20(23)25)13(2)17(27-19)18(24)21-11-14-6-8-15(26-3)9-7-14/h6-9,12H,4-5,10-11H2,1-3H3,(H,21,24). The number of aromatic nitrogens is 2. The Hall–Kier alpha value is -2.67. The lowest BCUT2D eigenvalue weighted by molar-refractivity contribution is 0.0954. The summed E-state index contributed by atoms with van der Waals surface area (Å²) in [4.78, 5) is 30.9. The van der Waals surface area contributed by atoms with Crippen molar-refractivity contribution in [3.05, 3.63) is 57.0 Å². The predicted molar refractivity (Wildman–Crippen MR) is 108 cm³/mol. The Morgan fingerprint density at radius 2 is 2.04 bits per heavy atom. The van der Waals surface area contributed by atoms with Gasteiger partial charge in [0.2, 0.25) is 0 Å². The average molecular weight is 385 g/mol. The number of hydrogen-bond acceptors (Lipinski definition) is 5. The molecule has 0 aliphatic carbocycles. The van der Waals surface area contributed by atoms with Crippen LogP contribution < -0.4 is 15.6 Å². The Morgan fingerprint density at radius 1 is 1.30 bits per heavy atom. The summed E-state index contributed by atoms with van der Waals surface area (Å²) in [6.07, 6.45) is 3.51.